The molecule has 2 heterocycles. The summed E-state index contributed by atoms with van der Waals surface area (Å²) in [6.45, 7) is 0. The molecule has 1 atom stereocenters. The number of nitrogens with one attached hydrogen (secondary N) is 3. The van der Waals surface area contributed by atoms with E-state index in [2.05, 4.69) is 20.8 Å². The third-order valence-electron chi connectivity index (χ3n) is 5.49. The first kappa shape index (κ1) is 18.9. The molecule has 1 aromatic heterocycles. The third kappa shape index (κ3) is 3.85. The first-order chi connectivity index (χ1) is 14.7. The SMILES string of the molecule is O=C(CC1CSc2ccccc2NC1=O)Nc1n[nH]c(C2CC2)c1-c1ccccc1. The highest BCUT2D eigenvalue weighted by molar-refractivity contribution is 7.99. The summed E-state index contributed by atoms with van der Waals surface area (Å²) < 4.78 is 0. The number of carbonyl (C=O) groups excluding carboxylic acids is 2. The van der Waals surface area contributed by atoms with Gasteiger partial charge in [0.2, 0.25) is 11.8 Å². The van der Waals surface area contributed by atoms with Gasteiger partial charge in [0.05, 0.1) is 11.6 Å². The third-order valence-corrected chi connectivity index (χ3v) is 6.72. The minimum atomic E-state index is -0.399. The van der Waals surface area contributed by atoms with Crippen molar-refractivity contribution in [1.29, 1.82) is 0 Å². The zero-order valence-corrected chi connectivity index (χ0v) is 17.2. The van der Waals surface area contributed by atoms with E-state index in [0.717, 1.165) is 40.2 Å². The number of rotatable bonds is 5. The second-order valence-corrected chi connectivity index (χ2v) is 8.81. The highest BCUT2D eigenvalue weighted by Crippen LogP contribution is 2.45. The number of nitrogens with zero attached hydrogens (tertiary/aromatic N) is 1. The molecular formula is C23H22N4O2S. The van der Waals surface area contributed by atoms with E-state index in [-0.39, 0.29) is 18.2 Å². The van der Waals surface area contributed by atoms with Crippen LogP contribution in [0, 0.1) is 5.92 Å². The van der Waals surface area contributed by atoms with Gasteiger partial charge in [0.25, 0.3) is 0 Å². The highest BCUT2D eigenvalue weighted by atomic mass is 32.2. The van der Waals surface area contributed by atoms with Crippen LogP contribution in [0.15, 0.2) is 59.5 Å². The highest BCUT2D eigenvalue weighted by Gasteiger charge is 2.31. The molecular weight excluding hydrogens is 396 g/mol. The number of fused-ring (bicyclic) bond motifs is 1. The zero-order valence-electron chi connectivity index (χ0n) is 16.4. The van der Waals surface area contributed by atoms with Gasteiger partial charge in [0.15, 0.2) is 5.82 Å². The lowest BCUT2D eigenvalue weighted by molar-refractivity contribution is -0.124. The number of benzene rings is 2. The Kier molecular flexibility index (Phi) is 5.04. The number of aromatic nitrogens is 2. The van der Waals surface area contributed by atoms with Gasteiger partial charge in [0, 0.05) is 34.2 Å². The van der Waals surface area contributed by atoms with Crippen LogP contribution in [0.5, 0.6) is 0 Å². The van der Waals surface area contributed by atoms with Crippen molar-refractivity contribution in [3.63, 3.8) is 0 Å². The molecule has 2 aromatic carbocycles. The summed E-state index contributed by atoms with van der Waals surface area (Å²) in [5.41, 5.74) is 3.87. The predicted molar refractivity (Wildman–Crippen MR) is 119 cm³/mol. The van der Waals surface area contributed by atoms with Gasteiger partial charge in [-0.1, -0.05) is 42.5 Å². The van der Waals surface area contributed by atoms with Gasteiger partial charge in [-0.3, -0.25) is 14.7 Å². The summed E-state index contributed by atoms with van der Waals surface area (Å²) in [5.74, 6) is 0.859. The van der Waals surface area contributed by atoms with Crippen LogP contribution >= 0.6 is 11.8 Å². The Morgan fingerprint density at radius 2 is 1.87 bits per heavy atom. The number of para-hydroxylation sites is 1. The number of thioether (sulfide) groups is 1. The molecule has 3 aromatic rings. The van der Waals surface area contributed by atoms with E-state index in [9.17, 15) is 9.59 Å². The first-order valence-corrected chi connectivity index (χ1v) is 11.1. The zero-order chi connectivity index (χ0) is 20.5. The van der Waals surface area contributed by atoms with E-state index < -0.39 is 5.92 Å². The van der Waals surface area contributed by atoms with Crippen LogP contribution in [0.2, 0.25) is 0 Å². The molecule has 0 spiro atoms. The van der Waals surface area contributed by atoms with Gasteiger partial charge in [-0.15, -0.1) is 11.8 Å². The van der Waals surface area contributed by atoms with E-state index in [0.29, 0.717) is 17.5 Å². The maximum atomic E-state index is 12.8. The number of anilines is 2. The molecule has 1 saturated carbocycles. The molecule has 5 rings (SSSR count). The standard InChI is InChI=1S/C23H22N4O2S/c28-19(12-16-13-30-18-9-5-4-8-17(18)24-23(16)29)25-22-20(14-6-2-1-3-7-14)21(26-27-22)15-10-11-15/h1-9,15-16H,10-13H2,(H,24,29)(H2,25,26,27,28). The fourth-order valence-corrected chi connectivity index (χ4v) is 4.86. The van der Waals surface area contributed by atoms with Gasteiger partial charge in [0.1, 0.15) is 0 Å². The van der Waals surface area contributed by atoms with Gasteiger partial charge in [-0.05, 0) is 30.5 Å². The van der Waals surface area contributed by atoms with Crippen LogP contribution < -0.4 is 10.6 Å². The molecule has 1 aliphatic heterocycles. The quantitative estimate of drug-likeness (QED) is 0.563. The molecule has 7 heteroatoms. The molecule has 2 aliphatic rings. The maximum Gasteiger partial charge on any atom is 0.228 e. The van der Waals surface area contributed by atoms with Crippen LogP contribution in [-0.2, 0) is 9.59 Å². The topological polar surface area (TPSA) is 86.9 Å². The fourth-order valence-electron chi connectivity index (χ4n) is 3.77. The Hall–Kier alpha value is -3.06. The van der Waals surface area contributed by atoms with Crippen molar-refractivity contribution >= 4 is 35.1 Å². The summed E-state index contributed by atoms with van der Waals surface area (Å²) >= 11 is 1.60. The van der Waals surface area contributed by atoms with Gasteiger partial charge >= 0.3 is 0 Å². The van der Waals surface area contributed by atoms with Crippen molar-refractivity contribution in [2.24, 2.45) is 5.92 Å². The largest absolute Gasteiger partial charge is 0.325 e. The van der Waals surface area contributed by atoms with E-state index in [1.807, 2.05) is 54.6 Å². The number of carbonyl (C=O) groups is 2. The maximum absolute atomic E-state index is 12.8. The predicted octanol–water partition coefficient (Wildman–Crippen LogP) is 4.64. The van der Waals surface area contributed by atoms with Gasteiger partial charge < -0.3 is 10.6 Å². The van der Waals surface area contributed by atoms with E-state index in [1.165, 1.54) is 0 Å². The summed E-state index contributed by atoms with van der Waals surface area (Å²) in [6.07, 6.45) is 2.39. The molecule has 0 radical (unpaired) electrons. The molecule has 30 heavy (non-hydrogen) atoms. The molecule has 1 unspecified atom stereocenters. The molecule has 2 amide bonds. The normalized spacial score (nSPS) is 18.3. The van der Waals surface area contributed by atoms with Crippen LogP contribution in [0.3, 0.4) is 0 Å². The molecule has 6 nitrogen and oxygen atoms in total. The minimum absolute atomic E-state index is 0.118. The lowest BCUT2D eigenvalue weighted by Gasteiger charge is -2.13. The fraction of sp³-hybridized carbons (Fsp3) is 0.261. The van der Waals surface area contributed by atoms with Crippen LogP contribution in [0.4, 0.5) is 11.5 Å². The summed E-state index contributed by atoms with van der Waals surface area (Å²) in [4.78, 5) is 26.5. The minimum Gasteiger partial charge on any atom is -0.325 e. The Morgan fingerprint density at radius 3 is 2.67 bits per heavy atom. The van der Waals surface area contributed by atoms with Crippen LogP contribution in [0.1, 0.15) is 30.9 Å². The average molecular weight is 419 g/mol. The molecule has 3 N–H and O–H groups in total. The molecule has 1 fully saturated rings. The Balaban J connectivity index is 1.32. The van der Waals surface area contributed by atoms with Crippen molar-refractivity contribution in [3.05, 3.63) is 60.3 Å². The number of hydrogen-bond acceptors (Lipinski definition) is 4. The van der Waals surface area contributed by atoms with Gasteiger partial charge in [-0.2, -0.15) is 5.10 Å². The first-order valence-electron chi connectivity index (χ1n) is 10.2. The number of H-pyrrole nitrogens is 1. The second-order valence-electron chi connectivity index (χ2n) is 7.75. The van der Waals surface area contributed by atoms with E-state index in [4.69, 9.17) is 0 Å². The lowest BCUT2D eigenvalue weighted by atomic mass is 10.0. The van der Waals surface area contributed by atoms with Crippen molar-refractivity contribution < 1.29 is 9.59 Å². The number of aromatic amines is 1. The number of hydrogen-bond donors (Lipinski definition) is 3. The van der Waals surface area contributed by atoms with Gasteiger partial charge in [-0.25, -0.2) is 0 Å². The van der Waals surface area contributed by atoms with Crippen molar-refractivity contribution in [3.8, 4) is 11.1 Å². The molecule has 1 aliphatic carbocycles. The van der Waals surface area contributed by atoms with Crippen molar-refractivity contribution in [2.45, 2.75) is 30.1 Å². The van der Waals surface area contributed by atoms with Crippen LogP contribution in [0.25, 0.3) is 11.1 Å². The average Bonchev–Trinajstić information content (AvgIpc) is 3.54. The second kappa shape index (κ2) is 7.99. The molecule has 0 bridgehead atoms. The monoisotopic (exact) mass is 418 g/mol. The van der Waals surface area contributed by atoms with Crippen LogP contribution in [-0.4, -0.2) is 27.8 Å². The summed E-state index contributed by atoms with van der Waals surface area (Å²) in [7, 11) is 0. The van der Waals surface area contributed by atoms with Crippen molar-refractivity contribution in [1.82, 2.24) is 10.2 Å². The Labute approximate surface area is 178 Å². The summed E-state index contributed by atoms with van der Waals surface area (Å²) in [6, 6.07) is 17.7. The molecule has 152 valence electrons. The Morgan fingerprint density at radius 1 is 1.10 bits per heavy atom. The molecule has 0 saturated heterocycles. The smallest absolute Gasteiger partial charge is 0.228 e. The van der Waals surface area contributed by atoms with E-state index in [1.54, 1.807) is 11.8 Å². The van der Waals surface area contributed by atoms with Crippen molar-refractivity contribution in [2.75, 3.05) is 16.4 Å². The lowest BCUT2D eigenvalue weighted by Crippen LogP contribution is -2.28. The van der Waals surface area contributed by atoms with E-state index >= 15 is 0 Å². The summed E-state index contributed by atoms with van der Waals surface area (Å²) in [5, 5.41) is 13.4. The Bertz CT molecular complexity index is 1090. The number of amides is 2.